The summed E-state index contributed by atoms with van der Waals surface area (Å²) in [6, 6.07) is 19.4. The van der Waals surface area contributed by atoms with Crippen LogP contribution in [0.1, 0.15) is 16.1 Å². The number of esters is 1. The van der Waals surface area contributed by atoms with E-state index in [1.807, 2.05) is 61.5 Å². The first-order chi connectivity index (χ1) is 13.6. The van der Waals surface area contributed by atoms with Crippen LogP contribution in [0.2, 0.25) is 0 Å². The summed E-state index contributed by atoms with van der Waals surface area (Å²) in [5.41, 5.74) is 2.90. The smallest absolute Gasteiger partial charge is 0.356 e. The normalized spacial score (nSPS) is 10.5. The fraction of sp³-hybridized carbons (Fsp3) is 0.190. The number of carbonyl (C=O) groups excluding carboxylic acids is 2. The molecule has 3 rings (SSSR count). The van der Waals surface area contributed by atoms with Gasteiger partial charge in [-0.15, -0.1) is 11.8 Å². The predicted molar refractivity (Wildman–Crippen MR) is 109 cm³/mol. The van der Waals surface area contributed by atoms with E-state index in [1.165, 1.54) is 0 Å². The molecule has 1 aromatic heterocycles. The standard InChI is InChI=1S/C21H21N3O3S/c1-15-7-9-16(10-8-15)18-13-19(24-23-18)21(26)27-14-20(25)22-11-12-28-17-5-3-2-4-6-17/h2-10,13H,11-12,14H2,1H3,(H,22,25)(H,23,24). The third-order valence-electron chi connectivity index (χ3n) is 3.92. The van der Waals surface area contributed by atoms with E-state index >= 15 is 0 Å². The zero-order valence-electron chi connectivity index (χ0n) is 15.5. The quantitative estimate of drug-likeness (QED) is 0.347. The highest BCUT2D eigenvalue weighted by Gasteiger charge is 2.14. The largest absolute Gasteiger partial charge is 0.451 e. The Morgan fingerprint density at radius 3 is 2.61 bits per heavy atom. The van der Waals surface area contributed by atoms with Gasteiger partial charge in [-0.3, -0.25) is 9.89 Å². The molecule has 0 radical (unpaired) electrons. The Hall–Kier alpha value is -3.06. The molecule has 0 atom stereocenters. The maximum atomic E-state index is 12.1. The Balaban J connectivity index is 1.40. The number of aryl methyl sites for hydroxylation is 1. The fourth-order valence-corrected chi connectivity index (χ4v) is 3.22. The Kier molecular flexibility index (Phi) is 6.86. The number of hydrogen-bond acceptors (Lipinski definition) is 5. The molecule has 0 bridgehead atoms. The number of carbonyl (C=O) groups is 2. The van der Waals surface area contributed by atoms with Crippen molar-refractivity contribution in [3.8, 4) is 11.3 Å². The van der Waals surface area contributed by atoms with Crippen molar-refractivity contribution in [3.63, 3.8) is 0 Å². The van der Waals surface area contributed by atoms with Crippen molar-refractivity contribution in [2.45, 2.75) is 11.8 Å². The Morgan fingerprint density at radius 2 is 1.86 bits per heavy atom. The second-order valence-corrected chi connectivity index (χ2v) is 7.29. The highest BCUT2D eigenvalue weighted by molar-refractivity contribution is 7.99. The minimum absolute atomic E-state index is 0.211. The monoisotopic (exact) mass is 395 g/mol. The van der Waals surface area contributed by atoms with E-state index in [9.17, 15) is 9.59 Å². The van der Waals surface area contributed by atoms with E-state index in [0.717, 1.165) is 21.8 Å². The van der Waals surface area contributed by atoms with E-state index in [1.54, 1.807) is 17.8 Å². The molecule has 0 unspecified atom stereocenters. The summed E-state index contributed by atoms with van der Waals surface area (Å²) in [7, 11) is 0. The van der Waals surface area contributed by atoms with E-state index < -0.39 is 5.97 Å². The molecule has 2 aromatic carbocycles. The average molecular weight is 395 g/mol. The van der Waals surface area contributed by atoms with Gasteiger partial charge in [0.25, 0.3) is 5.91 Å². The summed E-state index contributed by atoms with van der Waals surface area (Å²) in [5.74, 6) is -0.204. The lowest BCUT2D eigenvalue weighted by atomic mass is 10.1. The van der Waals surface area contributed by atoms with Crippen molar-refractivity contribution in [1.29, 1.82) is 0 Å². The van der Waals surface area contributed by atoms with Gasteiger partial charge < -0.3 is 10.1 Å². The lowest BCUT2D eigenvalue weighted by Gasteiger charge is -2.06. The maximum absolute atomic E-state index is 12.1. The van der Waals surface area contributed by atoms with Crippen molar-refractivity contribution in [2.24, 2.45) is 0 Å². The van der Waals surface area contributed by atoms with Crippen molar-refractivity contribution in [2.75, 3.05) is 18.9 Å². The molecule has 0 saturated heterocycles. The number of benzene rings is 2. The molecule has 7 heteroatoms. The zero-order chi connectivity index (χ0) is 19.8. The fourth-order valence-electron chi connectivity index (χ4n) is 2.43. The van der Waals surface area contributed by atoms with Crippen molar-refractivity contribution >= 4 is 23.6 Å². The van der Waals surface area contributed by atoms with E-state index in [2.05, 4.69) is 15.5 Å². The van der Waals surface area contributed by atoms with Gasteiger partial charge in [0.1, 0.15) is 5.69 Å². The minimum Gasteiger partial charge on any atom is -0.451 e. The first-order valence-electron chi connectivity index (χ1n) is 8.86. The minimum atomic E-state index is -0.611. The highest BCUT2D eigenvalue weighted by Crippen LogP contribution is 2.18. The second kappa shape index (κ2) is 9.75. The van der Waals surface area contributed by atoms with Gasteiger partial charge >= 0.3 is 5.97 Å². The van der Waals surface area contributed by atoms with Gasteiger partial charge in [-0.05, 0) is 25.1 Å². The number of ether oxygens (including phenoxy) is 1. The Labute approximate surface area is 167 Å². The first-order valence-corrected chi connectivity index (χ1v) is 9.84. The van der Waals surface area contributed by atoms with Gasteiger partial charge in [0.15, 0.2) is 6.61 Å². The zero-order valence-corrected chi connectivity index (χ0v) is 16.3. The van der Waals surface area contributed by atoms with E-state index in [0.29, 0.717) is 12.2 Å². The lowest BCUT2D eigenvalue weighted by Crippen LogP contribution is -2.30. The van der Waals surface area contributed by atoms with Crippen LogP contribution in [-0.4, -0.2) is 41.0 Å². The summed E-state index contributed by atoms with van der Waals surface area (Å²) < 4.78 is 5.04. The Bertz CT molecular complexity index is 924. The number of hydrogen-bond donors (Lipinski definition) is 2. The molecule has 3 aromatic rings. The Morgan fingerprint density at radius 1 is 1.11 bits per heavy atom. The predicted octanol–water partition coefficient (Wildman–Crippen LogP) is 3.45. The van der Waals surface area contributed by atoms with Crippen molar-refractivity contribution < 1.29 is 14.3 Å². The molecular formula is C21H21N3O3S. The molecule has 0 fully saturated rings. The van der Waals surface area contributed by atoms with Crippen LogP contribution in [-0.2, 0) is 9.53 Å². The summed E-state index contributed by atoms with van der Waals surface area (Å²) in [6.07, 6.45) is 0. The third kappa shape index (κ3) is 5.72. The maximum Gasteiger partial charge on any atom is 0.356 e. The molecule has 144 valence electrons. The third-order valence-corrected chi connectivity index (χ3v) is 4.93. The molecule has 0 aliphatic heterocycles. The van der Waals surface area contributed by atoms with Crippen LogP contribution in [0.4, 0.5) is 0 Å². The van der Waals surface area contributed by atoms with Crippen LogP contribution in [0.25, 0.3) is 11.3 Å². The summed E-state index contributed by atoms with van der Waals surface area (Å²) in [5, 5.41) is 9.51. The number of thioether (sulfide) groups is 1. The summed E-state index contributed by atoms with van der Waals surface area (Å²) >= 11 is 1.65. The van der Waals surface area contributed by atoms with Gasteiger partial charge in [-0.2, -0.15) is 5.10 Å². The van der Waals surface area contributed by atoms with Crippen LogP contribution < -0.4 is 5.32 Å². The SMILES string of the molecule is Cc1ccc(-c2cc(C(=O)OCC(=O)NCCSc3ccccc3)[nH]n2)cc1. The molecule has 0 spiro atoms. The molecule has 6 nitrogen and oxygen atoms in total. The second-order valence-electron chi connectivity index (χ2n) is 6.12. The number of amides is 1. The van der Waals surface area contributed by atoms with Gasteiger partial charge in [0.05, 0.1) is 5.69 Å². The number of H-pyrrole nitrogens is 1. The molecule has 0 aliphatic rings. The molecule has 2 N–H and O–H groups in total. The molecule has 0 saturated carbocycles. The number of aromatic amines is 1. The van der Waals surface area contributed by atoms with Gasteiger partial charge in [0, 0.05) is 22.8 Å². The highest BCUT2D eigenvalue weighted by atomic mass is 32.2. The van der Waals surface area contributed by atoms with Gasteiger partial charge in [-0.1, -0.05) is 48.0 Å². The molecule has 0 aliphatic carbocycles. The molecular weight excluding hydrogens is 374 g/mol. The van der Waals surface area contributed by atoms with E-state index in [-0.39, 0.29) is 18.2 Å². The van der Waals surface area contributed by atoms with Crippen LogP contribution in [0.15, 0.2) is 65.6 Å². The average Bonchev–Trinajstić information content (AvgIpc) is 3.21. The summed E-state index contributed by atoms with van der Waals surface area (Å²) in [6.45, 7) is 2.17. The molecule has 1 amide bonds. The van der Waals surface area contributed by atoms with Crippen LogP contribution >= 0.6 is 11.8 Å². The first kappa shape index (κ1) is 19.7. The number of nitrogens with zero attached hydrogens (tertiary/aromatic N) is 1. The molecule has 1 heterocycles. The van der Waals surface area contributed by atoms with Gasteiger partial charge in [-0.25, -0.2) is 4.79 Å². The lowest BCUT2D eigenvalue weighted by molar-refractivity contribution is -0.124. The van der Waals surface area contributed by atoms with Crippen LogP contribution in [0.3, 0.4) is 0 Å². The number of rotatable bonds is 8. The number of aromatic nitrogens is 2. The van der Waals surface area contributed by atoms with Crippen molar-refractivity contribution in [1.82, 2.24) is 15.5 Å². The molecule has 28 heavy (non-hydrogen) atoms. The topological polar surface area (TPSA) is 84.1 Å². The van der Waals surface area contributed by atoms with Crippen molar-refractivity contribution in [3.05, 3.63) is 71.9 Å². The van der Waals surface area contributed by atoms with Crippen LogP contribution in [0.5, 0.6) is 0 Å². The van der Waals surface area contributed by atoms with Gasteiger partial charge in [0.2, 0.25) is 0 Å². The summed E-state index contributed by atoms with van der Waals surface area (Å²) in [4.78, 5) is 25.1. The van der Waals surface area contributed by atoms with E-state index in [4.69, 9.17) is 4.74 Å². The number of nitrogens with one attached hydrogen (secondary N) is 2. The van der Waals surface area contributed by atoms with Crippen LogP contribution in [0, 0.1) is 6.92 Å².